The number of hydrogen-bond donors (Lipinski definition) is 0. The molecule has 12 heavy (non-hydrogen) atoms. The van der Waals surface area contributed by atoms with E-state index >= 15 is 0 Å². The molecule has 0 N–H and O–H groups in total. The third-order valence-electron chi connectivity index (χ3n) is 1.92. The molecule has 0 aromatic heterocycles. The first-order valence-corrected chi connectivity index (χ1v) is 5.11. The molecule has 0 unspecified atom stereocenters. The second-order valence-corrected chi connectivity index (χ2v) is 5.12. The number of nitrogens with zero attached hydrogens (tertiary/aromatic N) is 1. The largest absolute Gasteiger partial charge is 0.300 e. The third-order valence-corrected chi connectivity index (χ3v) is 1.92. The van der Waals surface area contributed by atoms with Gasteiger partial charge in [-0.1, -0.05) is 27.7 Å². The van der Waals surface area contributed by atoms with Crippen LogP contribution in [0.2, 0.25) is 0 Å². The molecule has 74 valence electrons. The maximum absolute atomic E-state index is 2.56. The molecule has 0 spiro atoms. The van der Waals surface area contributed by atoms with E-state index in [4.69, 9.17) is 0 Å². The third kappa shape index (κ3) is 5.59. The summed E-state index contributed by atoms with van der Waals surface area (Å²) in [5.74, 6) is 0. The molecule has 0 aliphatic rings. The minimum absolute atomic E-state index is 0.430. The summed E-state index contributed by atoms with van der Waals surface area (Å²) in [6.07, 6.45) is 1.26. The van der Waals surface area contributed by atoms with Crippen molar-refractivity contribution in [3.63, 3.8) is 0 Å². The van der Waals surface area contributed by atoms with Crippen molar-refractivity contribution in [3.05, 3.63) is 0 Å². The van der Waals surface area contributed by atoms with Gasteiger partial charge >= 0.3 is 0 Å². The van der Waals surface area contributed by atoms with Gasteiger partial charge < -0.3 is 4.90 Å². The van der Waals surface area contributed by atoms with E-state index in [0.29, 0.717) is 11.5 Å². The lowest BCUT2D eigenvalue weighted by atomic mass is 9.95. The summed E-state index contributed by atoms with van der Waals surface area (Å²) < 4.78 is 0. The van der Waals surface area contributed by atoms with E-state index in [0.717, 1.165) is 0 Å². The smallest absolute Gasteiger partial charge is 0.00388 e. The Morgan fingerprint density at radius 1 is 1.17 bits per heavy atom. The summed E-state index contributed by atoms with van der Waals surface area (Å²) in [6.45, 7) is 16.2. The van der Waals surface area contributed by atoms with Crippen molar-refractivity contribution in [2.75, 3.05) is 13.1 Å². The molecule has 0 aromatic rings. The SMILES string of the molecule is CCCN(CC(C)(C)C)C(C)C. The molecule has 0 radical (unpaired) electrons. The molecule has 1 nitrogen and oxygen atoms in total. The van der Waals surface area contributed by atoms with Crippen molar-refractivity contribution in [1.29, 1.82) is 0 Å². The molecule has 1 heteroatoms. The molecule has 0 atom stereocenters. The van der Waals surface area contributed by atoms with Gasteiger partial charge in [0.15, 0.2) is 0 Å². The van der Waals surface area contributed by atoms with Crippen LogP contribution in [0.15, 0.2) is 0 Å². The van der Waals surface area contributed by atoms with Gasteiger partial charge in [-0.05, 0) is 32.2 Å². The molecule has 0 saturated carbocycles. The Morgan fingerprint density at radius 2 is 1.67 bits per heavy atom. The minimum atomic E-state index is 0.430. The number of hydrogen-bond acceptors (Lipinski definition) is 1. The van der Waals surface area contributed by atoms with Gasteiger partial charge in [-0.15, -0.1) is 0 Å². The van der Waals surface area contributed by atoms with Crippen LogP contribution in [0.1, 0.15) is 48.0 Å². The highest BCUT2D eigenvalue weighted by Gasteiger charge is 2.17. The summed E-state index contributed by atoms with van der Waals surface area (Å²) in [4.78, 5) is 2.56. The highest BCUT2D eigenvalue weighted by Crippen LogP contribution is 2.16. The predicted molar refractivity (Wildman–Crippen MR) is 56.5 cm³/mol. The fraction of sp³-hybridized carbons (Fsp3) is 1.00. The molecular formula is C11H25N. The summed E-state index contributed by atoms with van der Waals surface area (Å²) in [7, 11) is 0. The second kappa shape index (κ2) is 4.86. The maximum atomic E-state index is 2.56. The second-order valence-electron chi connectivity index (χ2n) is 5.12. The lowest BCUT2D eigenvalue weighted by molar-refractivity contribution is 0.155. The van der Waals surface area contributed by atoms with Crippen molar-refractivity contribution in [2.24, 2.45) is 5.41 Å². The van der Waals surface area contributed by atoms with Gasteiger partial charge in [0.25, 0.3) is 0 Å². The average molecular weight is 171 g/mol. The van der Waals surface area contributed by atoms with Crippen LogP contribution in [0.4, 0.5) is 0 Å². The van der Waals surface area contributed by atoms with Crippen LogP contribution in [-0.2, 0) is 0 Å². The Labute approximate surface area is 78.1 Å². The molecule has 0 aliphatic heterocycles. The van der Waals surface area contributed by atoms with Gasteiger partial charge in [0, 0.05) is 12.6 Å². The molecule has 0 heterocycles. The Morgan fingerprint density at radius 3 is 1.92 bits per heavy atom. The van der Waals surface area contributed by atoms with Crippen molar-refractivity contribution < 1.29 is 0 Å². The Bertz CT molecular complexity index is 111. The average Bonchev–Trinajstić information content (AvgIpc) is 1.83. The fourth-order valence-electron chi connectivity index (χ4n) is 1.42. The summed E-state index contributed by atoms with van der Waals surface area (Å²) in [5, 5.41) is 0. The molecule has 0 bridgehead atoms. The first-order valence-electron chi connectivity index (χ1n) is 5.11. The molecule has 0 aromatic carbocycles. The summed E-state index contributed by atoms with van der Waals surface area (Å²) in [5.41, 5.74) is 0.430. The molecule has 0 saturated heterocycles. The van der Waals surface area contributed by atoms with E-state index in [1.165, 1.54) is 19.5 Å². The van der Waals surface area contributed by atoms with Gasteiger partial charge in [0.2, 0.25) is 0 Å². The zero-order valence-electron chi connectivity index (χ0n) is 9.65. The quantitative estimate of drug-likeness (QED) is 0.628. The molecule has 0 amide bonds. The van der Waals surface area contributed by atoms with Crippen LogP contribution < -0.4 is 0 Å². The highest BCUT2D eigenvalue weighted by molar-refractivity contribution is 4.71. The van der Waals surface area contributed by atoms with Crippen LogP contribution >= 0.6 is 0 Å². The van der Waals surface area contributed by atoms with Crippen molar-refractivity contribution >= 4 is 0 Å². The zero-order valence-corrected chi connectivity index (χ0v) is 9.65. The van der Waals surface area contributed by atoms with Gasteiger partial charge in [-0.2, -0.15) is 0 Å². The standard InChI is InChI=1S/C11H25N/c1-7-8-12(10(2)3)9-11(4,5)6/h10H,7-9H2,1-6H3. The lowest BCUT2D eigenvalue weighted by Gasteiger charge is -2.32. The fourth-order valence-corrected chi connectivity index (χ4v) is 1.42. The minimum Gasteiger partial charge on any atom is -0.300 e. The highest BCUT2D eigenvalue weighted by atomic mass is 15.1. The van der Waals surface area contributed by atoms with Crippen LogP contribution in [0, 0.1) is 5.41 Å². The van der Waals surface area contributed by atoms with Crippen LogP contribution in [0.25, 0.3) is 0 Å². The van der Waals surface area contributed by atoms with E-state index in [1.54, 1.807) is 0 Å². The first-order chi connectivity index (χ1) is 5.37. The monoisotopic (exact) mass is 171 g/mol. The Hall–Kier alpha value is -0.0400. The van der Waals surface area contributed by atoms with Crippen LogP contribution in [-0.4, -0.2) is 24.0 Å². The lowest BCUT2D eigenvalue weighted by Crippen LogP contribution is -2.38. The summed E-state index contributed by atoms with van der Waals surface area (Å²) in [6, 6.07) is 0.684. The van der Waals surface area contributed by atoms with E-state index < -0.39 is 0 Å². The van der Waals surface area contributed by atoms with Crippen molar-refractivity contribution in [1.82, 2.24) is 4.90 Å². The van der Waals surface area contributed by atoms with Gasteiger partial charge in [0.1, 0.15) is 0 Å². The number of rotatable bonds is 4. The topological polar surface area (TPSA) is 3.24 Å². The van der Waals surface area contributed by atoms with Crippen LogP contribution in [0.5, 0.6) is 0 Å². The maximum Gasteiger partial charge on any atom is 0.00388 e. The molecular weight excluding hydrogens is 146 g/mol. The Kier molecular flexibility index (Phi) is 4.84. The molecule has 0 fully saturated rings. The molecule has 0 aliphatic carbocycles. The van der Waals surface area contributed by atoms with Gasteiger partial charge in [0.05, 0.1) is 0 Å². The Balaban J connectivity index is 3.95. The zero-order chi connectivity index (χ0) is 9.78. The normalized spacial score (nSPS) is 13.0. The van der Waals surface area contributed by atoms with E-state index in [1.807, 2.05) is 0 Å². The van der Waals surface area contributed by atoms with Crippen LogP contribution in [0.3, 0.4) is 0 Å². The van der Waals surface area contributed by atoms with Crippen molar-refractivity contribution in [2.45, 2.75) is 54.0 Å². The predicted octanol–water partition coefficient (Wildman–Crippen LogP) is 3.15. The van der Waals surface area contributed by atoms with E-state index in [9.17, 15) is 0 Å². The van der Waals surface area contributed by atoms with E-state index in [2.05, 4.69) is 46.4 Å². The molecule has 0 rings (SSSR count). The summed E-state index contributed by atoms with van der Waals surface area (Å²) >= 11 is 0. The van der Waals surface area contributed by atoms with E-state index in [-0.39, 0.29) is 0 Å². The van der Waals surface area contributed by atoms with Crippen molar-refractivity contribution in [3.8, 4) is 0 Å². The first kappa shape index (κ1) is 12.0. The van der Waals surface area contributed by atoms with Gasteiger partial charge in [-0.3, -0.25) is 0 Å². The van der Waals surface area contributed by atoms with Gasteiger partial charge in [-0.25, -0.2) is 0 Å².